The lowest BCUT2D eigenvalue weighted by Gasteiger charge is -2.44. The molecule has 0 aromatic carbocycles. The van der Waals surface area contributed by atoms with Crippen molar-refractivity contribution in [3.63, 3.8) is 0 Å². The second-order valence-electron chi connectivity index (χ2n) is 6.75. The van der Waals surface area contributed by atoms with Crippen LogP contribution in [0.4, 0.5) is 0 Å². The maximum Gasteiger partial charge on any atom is 0.212 e. The first-order valence-corrected chi connectivity index (χ1v) is 9.31. The van der Waals surface area contributed by atoms with E-state index in [-0.39, 0.29) is 23.3 Å². The Morgan fingerprint density at radius 1 is 1.26 bits per heavy atom. The normalized spacial score (nSPS) is 27.8. The molecule has 0 amide bonds. The Labute approximate surface area is 117 Å². The van der Waals surface area contributed by atoms with Crippen molar-refractivity contribution in [1.29, 1.82) is 0 Å². The van der Waals surface area contributed by atoms with Crippen LogP contribution >= 0.6 is 0 Å². The van der Waals surface area contributed by atoms with E-state index in [4.69, 9.17) is 0 Å². The van der Waals surface area contributed by atoms with Crippen molar-refractivity contribution in [3.05, 3.63) is 0 Å². The van der Waals surface area contributed by atoms with Crippen LogP contribution in [0.5, 0.6) is 0 Å². The lowest BCUT2D eigenvalue weighted by atomic mass is 9.75. The van der Waals surface area contributed by atoms with Crippen LogP contribution in [0.15, 0.2) is 0 Å². The standard InChI is InChI=1S/C14H28N2O2S/c1-12(2)11-19(17,18)16-13-6-9-15-14(10-13)7-4-3-5-8-14/h12-13,15-16H,3-11H2,1-2H3. The Kier molecular flexibility index (Phi) is 4.90. The Hall–Kier alpha value is -0.130. The first kappa shape index (κ1) is 15.3. The molecule has 1 saturated heterocycles. The average molecular weight is 288 g/mol. The molecule has 2 N–H and O–H groups in total. The summed E-state index contributed by atoms with van der Waals surface area (Å²) in [6.45, 7) is 4.84. The topological polar surface area (TPSA) is 58.2 Å². The van der Waals surface area contributed by atoms with E-state index in [0.717, 1.165) is 19.4 Å². The molecule has 1 spiro atoms. The largest absolute Gasteiger partial charge is 0.311 e. The molecular formula is C14H28N2O2S. The molecule has 1 aliphatic carbocycles. The molecule has 1 atom stereocenters. The molecule has 2 rings (SSSR count). The van der Waals surface area contributed by atoms with Gasteiger partial charge in [0.1, 0.15) is 0 Å². The van der Waals surface area contributed by atoms with E-state index in [1.807, 2.05) is 13.8 Å². The van der Waals surface area contributed by atoms with E-state index in [2.05, 4.69) is 10.0 Å². The second-order valence-corrected chi connectivity index (χ2v) is 8.55. The molecule has 2 fully saturated rings. The smallest absolute Gasteiger partial charge is 0.212 e. The van der Waals surface area contributed by atoms with Gasteiger partial charge in [-0.2, -0.15) is 0 Å². The molecule has 19 heavy (non-hydrogen) atoms. The van der Waals surface area contributed by atoms with Gasteiger partial charge < -0.3 is 5.32 Å². The average Bonchev–Trinajstić information content (AvgIpc) is 2.27. The third-order valence-electron chi connectivity index (χ3n) is 4.34. The summed E-state index contributed by atoms with van der Waals surface area (Å²) in [6.07, 6.45) is 8.16. The second kappa shape index (κ2) is 6.10. The van der Waals surface area contributed by atoms with Crippen molar-refractivity contribution in [3.8, 4) is 0 Å². The van der Waals surface area contributed by atoms with Gasteiger partial charge in [-0.05, 0) is 38.1 Å². The van der Waals surface area contributed by atoms with Crippen LogP contribution in [0, 0.1) is 5.92 Å². The van der Waals surface area contributed by atoms with Crippen molar-refractivity contribution in [2.45, 2.75) is 70.4 Å². The van der Waals surface area contributed by atoms with E-state index in [1.54, 1.807) is 0 Å². The zero-order chi connectivity index (χ0) is 13.9. The van der Waals surface area contributed by atoms with Crippen molar-refractivity contribution in [1.82, 2.24) is 10.0 Å². The van der Waals surface area contributed by atoms with Gasteiger partial charge in [0.05, 0.1) is 5.75 Å². The molecule has 112 valence electrons. The van der Waals surface area contributed by atoms with Crippen LogP contribution in [-0.4, -0.2) is 32.3 Å². The molecule has 1 heterocycles. The highest BCUT2D eigenvalue weighted by Gasteiger charge is 2.37. The first-order valence-electron chi connectivity index (χ1n) is 7.66. The Morgan fingerprint density at radius 3 is 2.58 bits per heavy atom. The summed E-state index contributed by atoms with van der Waals surface area (Å²) in [5.74, 6) is 0.423. The molecule has 0 aromatic heterocycles. The van der Waals surface area contributed by atoms with E-state index >= 15 is 0 Å². The number of hydrogen-bond acceptors (Lipinski definition) is 3. The van der Waals surface area contributed by atoms with Crippen LogP contribution < -0.4 is 10.0 Å². The fourth-order valence-corrected chi connectivity index (χ4v) is 5.29. The molecule has 1 aliphatic heterocycles. The maximum absolute atomic E-state index is 12.0. The lowest BCUT2D eigenvalue weighted by molar-refractivity contribution is 0.165. The van der Waals surface area contributed by atoms with Crippen molar-refractivity contribution in [2.24, 2.45) is 5.92 Å². The van der Waals surface area contributed by atoms with Gasteiger partial charge in [0.15, 0.2) is 0 Å². The summed E-state index contributed by atoms with van der Waals surface area (Å²) in [6, 6.07) is 0.128. The summed E-state index contributed by atoms with van der Waals surface area (Å²) >= 11 is 0. The molecule has 4 nitrogen and oxygen atoms in total. The predicted octanol–water partition coefficient (Wildman–Crippen LogP) is 2.02. The third-order valence-corrected chi connectivity index (χ3v) is 6.14. The Morgan fingerprint density at radius 2 is 1.95 bits per heavy atom. The van der Waals surface area contributed by atoms with E-state index in [0.29, 0.717) is 0 Å². The molecule has 0 radical (unpaired) electrons. The van der Waals surface area contributed by atoms with E-state index in [9.17, 15) is 8.42 Å². The highest BCUT2D eigenvalue weighted by molar-refractivity contribution is 7.89. The monoisotopic (exact) mass is 288 g/mol. The highest BCUT2D eigenvalue weighted by Crippen LogP contribution is 2.34. The van der Waals surface area contributed by atoms with Crippen LogP contribution in [-0.2, 0) is 10.0 Å². The maximum atomic E-state index is 12.0. The lowest BCUT2D eigenvalue weighted by Crippen LogP contribution is -2.57. The van der Waals surface area contributed by atoms with E-state index < -0.39 is 10.0 Å². The quantitative estimate of drug-likeness (QED) is 0.832. The zero-order valence-corrected chi connectivity index (χ0v) is 13.1. The van der Waals surface area contributed by atoms with Gasteiger partial charge in [0.2, 0.25) is 10.0 Å². The summed E-state index contributed by atoms with van der Waals surface area (Å²) in [4.78, 5) is 0. The molecule has 1 saturated carbocycles. The van der Waals surface area contributed by atoms with Crippen LogP contribution in [0.3, 0.4) is 0 Å². The molecule has 5 heteroatoms. The van der Waals surface area contributed by atoms with Gasteiger partial charge in [-0.25, -0.2) is 13.1 Å². The summed E-state index contributed by atoms with van der Waals surface area (Å²) < 4.78 is 27.0. The van der Waals surface area contributed by atoms with Crippen molar-refractivity contribution in [2.75, 3.05) is 12.3 Å². The fraction of sp³-hybridized carbons (Fsp3) is 1.00. The summed E-state index contributed by atoms with van der Waals surface area (Å²) in [7, 11) is -3.11. The fourth-order valence-electron chi connectivity index (χ4n) is 3.61. The van der Waals surface area contributed by atoms with Gasteiger partial charge >= 0.3 is 0 Å². The number of rotatable bonds is 4. The van der Waals surface area contributed by atoms with Crippen LogP contribution in [0.25, 0.3) is 0 Å². The minimum absolute atomic E-state index is 0.128. The number of piperidine rings is 1. The zero-order valence-electron chi connectivity index (χ0n) is 12.2. The van der Waals surface area contributed by atoms with Crippen LogP contribution in [0.1, 0.15) is 58.8 Å². The minimum Gasteiger partial charge on any atom is -0.311 e. The Bertz CT molecular complexity index is 381. The first-order chi connectivity index (χ1) is 8.91. The van der Waals surface area contributed by atoms with Gasteiger partial charge in [0, 0.05) is 11.6 Å². The molecule has 0 bridgehead atoms. The molecule has 1 unspecified atom stereocenters. The summed E-state index contributed by atoms with van der Waals surface area (Å²) in [5.41, 5.74) is 0.210. The summed E-state index contributed by atoms with van der Waals surface area (Å²) in [5, 5.41) is 3.66. The van der Waals surface area contributed by atoms with Crippen molar-refractivity contribution < 1.29 is 8.42 Å². The van der Waals surface area contributed by atoms with Gasteiger partial charge in [0.25, 0.3) is 0 Å². The number of sulfonamides is 1. The van der Waals surface area contributed by atoms with Gasteiger partial charge in [-0.3, -0.25) is 0 Å². The van der Waals surface area contributed by atoms with E-state index in [1.165, 1.54) is 32.1 Å². The number of nitrogens with one attached hydrogen (secondary N) is 2. The van der Waals surface area contributed by atoms with Crippen LogP contribution in [0.2, 0.25) is 0 Å². The molecule has 2 aliphatic rings. The van der Waals surface area contributed by atoms with Gasteiger partial charge in [-0.1, -0.05) is 33.1 Å². The van der Waals surface area contributed by atoms with Gasteiger partial charge in [-0.15, -0.1) is 0 Å². The SMILES string of the molecule is CC(C)CS(=O)(=O)NC1CCNC2(CCCCC2)C1. The minimum atomic E-state index is -3.11. The molecule has 0 aromatic rings. The highest BCUT2D eigenvalue weighted by atomic mass is 32.2. The Balaban J connectivity index is 1.94. The van der Waals surface area contributed by atoms with Crippen molar-refractivity contribution >= 4 is 10.0 Å². The molecular weight excluding hydrogens is 260 g/mol. The third kappa shape index (κ3) is 4.43. The predicted molar refractivity (Wildman–Crippen MR) is 78.6 cm³/mol. The number of hydrogen-bond donors (Lipinski definition) is 2.